The maximum Gasteiger partial charge on any atom is 0.247 e. The number of rotatable bonds is 4. The number of amides is 1. The highest BCUT2D eigenvalue weighted by Crippen LogP contribution is 2.37. The highest BCUT2D eigenvalue weighted by molar-refractivity contribution is 7.13. The van der Waals surface area contributed by atoms with Crippen molar-refractivity contribution < 1.29 is 9.18 Å². The Labute approximate surface area is 179 Å². The summed E-state index contributed by atoms with van der Waals surface area (Å²) < 4.78 is 13.4. The van der Waals surface area contributed by atoms with Crippen LogP contribution in [0.15, 0.2) is 66.0 Å². The van der Waals surface area contributed by atoms with E-state index >= 15 is 0 Å². The van der Waals surface area contributed by atoms with Crippen LogP contribution in [0.5, 0.6) is 0 Å². The zero-order chi connectivity index (χ0) is 20.6. The fourth-order valence-electron chi connectivity index (χ4n) is 4.70. The summed E-state index contributed by atoms with van der Waals surface area (Å²) in [7, 11) is 0. The molecule has 2 fully saturated rings. The Balaban J connectivity index is 1.33. The molecule has 2 saturated heterocycles. The number of piperidine rings is 1. The number of nitrogens with zero attached hydrogens (tertiary/aromatic N) is 2. The number of hydrogen-bond acceptors (Lipinski definition) is 4. The molecule has 2 aliphatic heterocycles. The molecule has 0 radical (unpaired) electrons. The molecule has 0 aliphatic carbocycles. The molecule has 154 valence electrons. The highest BCUT2D eigenvalue weighted by Gasteiger charge is 2.50. The third kappa shape index (κ3) is 3.40. The maximum atomic E-state index is 13.4. The van der Waals surface area contributed by atoms with Gasteiger partial charge in [-0.1, -0.05) is 30.3 Å². The van der Waals surface area contributed by atoms with Crippen molar-refractivity contribution in [3.63, 3.8) is 0 Å². The van der Waals surface area contributed by atoms with Crippen molar-refractivity contribution in [2.24, 2.45) is 0 Å². The zero-order valence-corrected chi connectivity index (χ0v) is 17.5. The van der Waals surface area contributed by atoms with Crippen LogP contribution in [0, 0.1) is 5.82 Å². The van der Waals surface area contributed by atoms with Crippen molar-refractivity contribution in [3.8, 4) is 10.4 Å². The molecule has 1 N–H and O–H groups in total. The minimum atomic E-state index is -0.540. The quantitative estimate of drug-likeness (QED) is 0.675. The fraction of sp³-hybridized carbons (Fsp3) is 0.292. The number of carbonyl (C=O) groups excluding carboxylic acids is 1. The van der Waals surface area contributed by atoms with Gasteiger partial charge in [0.2, 0.25) is 5.91 Å². The van der Waals surface area contributed by atoms with Crippen molar-refractivity contribution in [2.75, 3.05) is 24.7 Å². The van der Waals surface area contributed by atoms with E-state index in [-0.39, 0.29) is 11.7 Å². The second kappa shape index (κ2) is 7.85. The van der Waals surface area contributed by atoms with Gasteiger partial charge in [0, 0.05) is 30.2 Å². The first kappa shape index (κ1) is 19.3. The van der Waals surface area contributed by atoms with E-state index in [1.807, 2.05) is 0 Å². The van der Waals surface area contributed by atoms with E-state index in [2.05, 4.69) is 56.9 Å². The van der Waals surface area contributed by atoms with Gasteiger partial charge in [0.15, 0.2) is 0 Å². The lowest BCUT2D eigenvalue weighted by Gasteiger charge is -2.43. The largest absolute Gasteiger partial charge is 0.339 e. The van der Waals surface area contributed by atoms with Crippen molar-refractivity contribution >= 4 is 22.9 Å². The molecular weight excluding hydrogens is 397 g/mol. The molecule has 4 nitrogen and oxygen atoms in total. The van der Waals surface area contributed by atoms with Crippen LogP contribution in [-0.2, 0) is 11.3 Å². The monoisotopic (exact) mass is 421 g/mol. The van der Waals surface area contributed by atoms with Gasteiger partial charge in [0.05, 0.1) is 6.67 Å². The highest BCUT2D eigenvalue weighted by atomic mass is 32.1. The van der Waals surface area contributed by atoms with Gasteiger partial charge in [0.25, 0.3) is 0 Å². The predicted molar refractivity (Wildman–Crippen MR) is 119 cm³/mol. The number of likely N-dealkylation sites (tertiary alicyclic amines) is 1. The molecule has 1 amide bonds. The van der Waals surface area contributed by atoms with Gasteiger partial charge in [-0.3, -0.25) is 9.69 Å². The molecular formula is C24H24FN3OS. The predicted octanol–water partition coefficient (Wildman–Crippen LogP) is 4.48. The number of hydrogen-bond donors (Lipinski definition) is 1. The molecule has 3 heterocycles. The van der Waals surface area contributed by atoms with E-state index in [1.54, 1.807) is 23.5 Å². The number of thiophene rings is 1. The Morgan fingerprint density at radius 1 is 1.00 bits per heavy atom. The van der Waals surface area contributed by atoms with E-state index in [9.17, 15) is 9.18 Å². The summed E-state index contributed by atoms with van der Waals surface area (Å²) in [6.07, 6.45) is 1.52. The Bertz CT molecular complexity index is 1030. The molecule has 30 heavy (non-hydrogen) atoms. The van der Waals surface area contributed by atoms with E-state index in [4.69, 9.17) is 0 Å². The molecule has 1 aromatic heterocycles. The Morgan fingerprint density at radius 2 is 1.77 bits per heavy atom. The lowest BCUT2D eigenvalue weighted by molar-refractivity contribution is -0.125. The SMILES string of the molecule is O=C1NCN(c2ccc(F)cc2)C12CCN(Cc1ccccc1-c1cccs1)CC2. The summed E-state index contributed by atoms with van der Waals surface area (Å²) >= 11 is 1.76. The molecule has 6 heteroatoms. The van der Waals surface area contributed by atoms with Crippen molar-refractivity contribution in [2.45, 2.75) is 24.9 Å². The minimum absolute atomic E-state index is 0.0884. The normalized spacial score (nSPS) is 18.7. The molecule has 0 unspecified atom stereocenters. The summed E-state index contributed by atoms with van der Waals surface area (Å²) in [5.74, 6) is -0.170. The van der Waals surface area contributed by atoms with Gasteiger partial charge in [-0.25, -0.2) is 4.39 Å². The van der Waals surface area contributed by atoms with Gasteiger partial charge in [-0.2, -0.15) is 0 Å². The summed E-state index contributed by atoms with van der Waals surface area (Å²) in [5, 5.41) is 5.12. The minimum Gasteiger partial charge on any atom is -0.339 e. The first-order valence-electron chi connectivity index (χ1n) is 10.3. The van der Waals surface area contributed by atoms with Crippen LogP contribution in [0.3, 0.4) is 0 Å². The van der Waals surface area contributed by atoms with Crippen LogP contribution < -0.4 is 10.2 Å². The number of halogens is 1. The lowest BCUT2D eigenvalue weighted by atomic mass is 9.85. The first-order chi connectivity index (χ1) is 14.7. The summed E-state index contributed by atoms with van der Waals surface area (Å²) in [6.45, 7) is 3.06. The second-order valence-electron chi connectivity index (χ2n) is 8.01. The Kier molecular flexibility index (Phi) is 5.05. The molecule has 0 atom stereocenters. The Morgan fingerprint density at radius 3 is 2.50 bits per heavy atom. The van der Waals surface area contributed by atoms with Crippen molar-refractivity contribution in [1.29, 1.82) is 0 Å². The molecule has 5 rings (SSSR count). The smallest absolute Gasteiger partial charge is 0.247 e. The number of nitrogens with one attached hydrogen (secondary N) is 1. The van der Waals surface area contributed by atoms with Crippen LogP contribution >= 0.6 is 11.3 Å². The average molecular weight is 422 g/mol. The van der Waals surface area contributed by atoms with Gasteiger partial charge in [0.1, 0.15) is 11.4 Å². The van der Waals surface area contributed by atoms with Gasteiger partial charge in [-0.15, -0.1) is 11.3 Å². The molecule has 0 bridgehead atoms. The second-order valence-corrected chi connectivity index (χ2v) is 8.96. The third-order valence-electron chi connectivity index (χ3n) is 6.36. The Hall–Kier alpha value is -2.70. The molecule has 2 aromatic carbocycles. The van der Waals surface area contributed by atoms with Gasteiger partial charge < -0.3 is 10.2 Å². The average Bonchev–Trinajstić information content (AvgIpc) is 3.41. The third-order valence-corrected chi connectivity index (χ3v) is 7.26. The summed E-state index contributed by atoms with van der Waals surface area (Å²) in [4.78, 5) is 18.7. The topological polar surface area (TPSA) is 35.6 Å². The van der Waals surface area contributed by atoms with Crippen molar-refractivity contribution in [3.05, 3.63) is 77.4 Å². The van der Waals surface area contributed by atoms with Crippen LogP contribution in [0.25, 0.3) is 10.4 Å². The first-order valence-corrected chi connectivity index (χ1v) is 11.2. The van der Waals surface area contributed by atoms with E-state index < -0.39 is 5.54 Å². The molecule has 2 aliphatic rings. The van der Waals surface area contributed by atoms with E-state index in [0.29, 0.717) is 6.67 Å². The fourth-order valence-corrected chi connectivity index (χ4v) is 5.49. The maximum absolute atomic E-state index is 13.4. The van der Waals surface area contributed by atoms with Gasteiger partial charge in [-0.05, 0) is 59.7 Å². The van der Waals surface area contributed by atoms with E-state index in [1.165, 1.54) is 28.1 Å². The molecule has 3 aromatic rings. The summed E-state index contributed by atoms with van der Waals surface area (Å²) in [6, 6.07) is 19.3. The van der Waals surface area contributed by atoms with Crippen LogP contribution in [0.2, 0.25) is 0 Å². The standard InChI is InChI=1S/C24H24FN3OS/c25-19-7-9-20(10-8-19)28-17-26-23(29)24(28)11-13-27(14-12-24)16-18-4-1-2-5-21(18)22-6-3-15-30-22/h1-10,15H,11-14,16-17H2,(H,26,29). The molecule has 1 spiro atoms. The number of benzene rings is 2. The van der Waals surface area contributed by atoms with Crippen LogP contribution in [0.1, 0.15) is 18.4 Å². The summed E-state index contributed by atoms with van der Waals surface area (Å²) in [5.41, 5.74) is 2.97. The van der Waals surface area contributed by atoms with Crippen molar-refractivity contribution in [1.82, 2.24) is 10.2 Å². The van der Waals surface area contributed by atoms with Crippen LogP contribution in [-0.4, -0.2) is 36.1 Å². The molecule has 0 saturated carbocycles. The van der Waals surface area contributed by atoms with Crippen LogP contribution in [0.4, 0.5) is 10.1 Å². The zero-order valence-electron chi connectivity index (χ0n) is 16.7. The van der Waals surface area contributed by atoms with E-state index in [0.717, 1.165) is 38.2 Å². The van der Waals surface area contributed by atoms with Gasteiger partial charge >= 0.3 is 0 Å². The number of carbonyl (C=O) groups is 1. The number of anilines is 1. The lowest BCUT2D eigenvalue weighted by Crippen LogP contribution is -2.56.